The highest BCUT2D eigenvalue weighted by Gasteiger charge is 2.27. The van der Waals surface area contributed by atoms with Crippen molar-refractivity contribution in [3.05, 3.63) is 71.8 Å². The summed E-state index contributed by atoms with van der Waals surface area (Å²) in [5.74, 6) is 0.263. The van der Waals surface area contributed by atoms with E-state index < -0.39 is 6.10 Å². The third kappa shape index (κ3) is 4.53. The van der Waals surface area contributed by atoms with Crippen LogP contribution in [-0.2, 0) is 6.54 Å². The fourth-order valence-electron chi connectivity index (χ4n) is 3.44. The third-order valence-electron chi connectivity index (χ3n) is 4.92. The zero-order valence-corrected chi connectivity index (χ0v) is 14.0. The number of likely N-dealkylation sites (tertiary alicyclic amines) is 1. The number of piperidine rings is 1. The van der Waals surface area contributed by atoms with Gasteiger partial charge in [0.15, 0.2) is 5.78 Å². The monoisotopic (exact) mass is 323 g/mol. The van der Waals surface area contributed by atoms with E-state index in [2.05, 4.69) is 29.2 Å². The Bertz CT molecular complexity index is 633. The topological polar surface area (TPSA) is 40.5 Å². The van der Waals surface area contributed by atoms with E-state index in [9.17, 15) is 9.90 Å². The zero-order chi connectivity index (χ0) is 16.8. The first-order valence-electron chi connectivity index (χ1n) is 8.75. The van der Waals surface area contributed by atoms with Crippen LogP contribution < -0.4 is 0 Å². The third-order valence-corrected chi connectivity index (χ3v) is 4.92. The van der Waals surface area contributed by atoms with Gasteiger partial charge in [0.2, 0.25) is 0 Å². The highest BCUT2D eigenvalue weighted by molar-refractivity contribution is 5.96. The van der Waals surface area contributed by atoms with Crippen LogP contribution >= 0.6 is 0 Å². The summed E-state index contributed by atoms with van der Waals surface area (Å²) < 4.78 is 0. The molecule has 1 atom stereocenters. The molecule has 0 saturated carbocycles. The molecule has 24 heavy (non-hydrogen) atoms. The molecule has 0 bridgehead atoms. The standard InChI is InChI=1S/C21H25NO2/c23-20(18-9-5-2-6-10-18)15-21(24)19-11-13-22(14-12-19)16-17-7-3-1-4-8-17/h1-10,19,21,24H,11-16H2. The SMILES string of the molecule is O=C(CC(O)C1CCN(Cc2ccccc2)CC1)c1ccccc1. The van der Waals surface area contributed by atoms with Gasteiger partial charge >= 0.3 is 0 Å². The van der Waals surface area contributed by atoms with Gasteiger partial charge in [-0.2, -0.15) is 0 Å². The fourth-order valence-corrected chi connectivity index (χ4v) is 3.44. The molecule has 1 aliphatic heterocycles. The molecule has 3 rings (SSSR count). The summed E-state index contributed by atoms with van der Waals surface area (Å²) in [7, 11) is 0. The molecule has 2 aromatic carbocycles. The van der Waals surface area contributed by atoms with Crippen molar-refractivity contribution in [2.75, 3.05) is 13.1 Å². The molecule has 1 unspecified atom stereocenters. The molecule has 2 aromatic rings. The number of hydrogen-bond acceptors (Lipinski definition) is 3. The second-order valence-corrected chi connectivity index (χ2v) is 6.66. The molecule has 0 aromatic heterocycles. The molecule has 3 nitrogen and oxygen atoms in total. The number of carbonyl (C=O) groups is 1. The first-order chi connectivity index (χ1) is 11.7. The van der Waals surface area contributed by atoms with E-state index in [4.69, 9.17) is 0 Å². The van der Waals surface area contributed by atoms with Crippen LogP contribution in [0, 0.1) is 5.92 Å². The van der Waals surface area contributed by atoms with E-state index >= 15 is 0 Å². The van der Waals surface area contributed by atoms with Gasteiger partial charge in [-0.15, -0.1) is 0 Å². The van der Waals surface area contributed by atoms with Crippen LogP contribution in [0.3, 0.4) is 0 Å². The van der Waals surface area contributed by atoms with Crippen LogP contribution in [0.15, 0.2) is 60.7 Å². The summed E-state index contributed by atoms with van der Waals surface area (Å²) in [5.41, 5.74) is 2.02. The van der Waals surface area contributed by atoms with Gasteiger partial charge in [-0.05, 0) is 37.4 Å². The summed E-state index contributed by atoms with van der Waals surface area (Å²) in [6.45, 7) is 2.93. The molecule has 0 radical (unpaired) electrons. The van der Waals surface area contributed by atoms with Gasteiger partial charge < -0.3 is 5.11 Å². The molecular formula is C21H25NO2. The first kappa shape index (κ1) is 16.9. The van der Waals surface area contributed by atoms with Gasteiger partial charge in [0.05, 0.1) is 6.10 Å². The molecule has 0 amide bonds. The number of ketones is 1. The molecule has 126 valence electrons. The maximum atomic E-state index is 12.2. The van der Waals surface area contributed by atoms with Crippen molar-refractivity contribution in [1.29, 1.82) is 0 Å². The van der Waals surface area contributed by atoms with Crippen LogP contribution in [0.25, 0.3) is 0 Å². The van der Waals surface area contributed by atoms with Crippen LogP contribution in [0.4, 0.5) is 0 Å². The van der Waals surface area contributed by atoms with E-state index in [1.54, 1.807) is 0 Å². The molecule has 0 spiro atoms. The molecule has 1 N–H and O–H groups in total. The number of Topliss-reactive ketones (excluding diaryl/α,β-unsaturated/α-hetero) is 1. The van der Waals surface area contributed by atoms with Crippen molar-refractivity contribution >= 4 is 5.78 Å². The Kier molecular flexibility index (Phi) is 5.78. The Morgan fingerprint density at radius 3 is 2.21 bits per heavy atom. The number of benzene rings is 2. The molecule has 1 fully saturated rings. The molecule has 1 heterocycles. The second-order valence-electron chi connectivity index (χ2n) is 6.66. The maximum Gasteiger partial charge on any atom is 0.165 e. The fraction of sp³-hybridized carbons (Fsp3) is 0.381. The Morgan fingerprint density at radius 1 is 1.00 bits per heavy atom. The quantitative estimate of drug-likeness (QED) is 0.827. The first-order valence-corrected chi connectivity index (χ1v) is 8.75. The predicted octanol–water partition coefficient (Wildman–Crippen LogP) is 3.53. The van der Waals surface area contributed by atoms with Crippen molar-refractivity contribution in [1.82, 2.24) is 4.90 Å². The summed E-state index contributed by atoms with van der Waals surface area (Å²) in [6, 6.07) is 19.7. The predicted molar refractivity (Wildman–Crippen MR) is 95.8 cm³/mol. The highest BCUT2D eigenvalue weighted by atomic mass is 16.3. The second kappa shape index (κ2) is 8.22. The lowest BCUT2D eigenvalue weighted by Crippen LogP contribution is -2.38. The lowest BCUT2D eigenvalue weighted by molar-refractivity contribution is 0.0476. The van der Waals surface area contributed by atoms with E-state index in [0.717, 1.165) is 32.5 Å². The largest absolute Gasteiger partial charge is 0.392 e. The van der Waals surface area contributed by atoms with Crippen molar-refractivity contribution in [2.45, 2.75) is 31.9 Å². The Hall–Kier alpha value is -1.97. The number of rotatable bonds is 6. The molecule has 1 aliphatic rings. The Morgan fingerprint density at radius 2 is 1.58 bits per heavy atom. The molecular weight excluding hydrogens is 298 g/mol. The summed E-state index contributed by atoms with van der Waals surface area (Å²) in [5, 5.41) is 10.4. The Labute approximate surface area is 143 Å². The average molecular weight is 323 g/mol. The van der Waals surface area contributed by atoms with Crippen molar-refractivity contribution < 1.29 is 9.90 Å². The van der Waals surface area contributed by atoms with Crippen LogP contribution in [0.2, 0.25) is 0 Å². The lowest BCUT2D eigenvalue weighted by Gasteiger charge is -2.34. The average Bonchev–Trinajstić information content (AvgIpc) is 2.64. The zero-order valence-electron chi connectivity index (χ0n) is 14.0. The number of nitrogens with zero attached hydrogens (tertiary/aromatic N) is 1. The maximum absolute atomic E-state index is 12.2. The van der Waals surface area contributed by atoms with Crippen molar-refractivity contribution in [2.24, 2.45) is 5.92 Å². The summed E-state index contributed by atoms with van der Waals surface area (Å²) in [4.78, 5) is 14.7. The van der Waals surface area contributed by atoms with Gasteiger partial charge in [-0.3, -0.25) is 9.69 Å². The van der Waals surface area contributed by atoms with Gasteiger partial charge in [-0.1, -0.05) is 60.7 Å². The summed E-state index contributed by atoms with van der Waals surface area (Å²) in [6.07, 6.45) is 1.61. The van der Waals surface area contributed by atoms with Crippen LogP contribution in [-0.4, -0.2) is 35.0 Å². The van der Waals surface area contributed by atoms with E-state index in [1.165, 1.54) is 5.56 Å². The van der Waals surface area contributed by atoms with Gasteiger partial charge in [0, 0.05) is 18.5 Å². The smallest absolute Gasteiger partial charge is 0.165 e. The molecule has 0 aliphatic carbocycles. The van der Waals surface area contributed by atoms with E-state index in [-0.39, 0.29) is 18.1 Å². The van der Waals surface area contributed by atoms with E-state index in [1.807, 2.05) is 36.4 Å². The summed E-state index contributed by atoms with van der Waals surface area (Å²) >= 11 is 0. The molecule has 1 saturated heterocycles. The van der Waals surface area contributed by atoms with E-state index in [0.29, 0.717) is 5.56 Å². The number of hydrogen-bond donors (Lipinski definition) is 1. The van der Waals surface area contributed by atoms with Crippen molar-refractivity contribution in [3.63, 3.8) is 0 Å². The number of carbonyl (C=O) groups excluding carboxylic acids is 1. The normalized spacial score (nSPS) is 17.5. The van der Waals surface area contributed by atoms with Gasteiger partial charge in [0.1, 0.15) is 0 Å². The number of aliphatic hydroxyl groups excluding tert-OH is 1. The molecule has 3 heteroatoms. The van der Waals surface area contributed by atoms with Gasteiger partial charge in [-0.25, -0.2) is 0 Å². The minimum Gasteiger partial charge on any atom is -0.392 e. The minimum atomic E-state index is -0.531. The van der Waals surface area contributed by atoms with Crippen LogP contribution in [0.5, 0.6) is 0 Å². The van der Waals surface area contributed by atoms with Crippen LogP contribution in [0.1, 0.15) is 35.2 Å². The van der Waals surface area contributed by atoms with Gasteiger partial charge in [0.25, 0.3) is 0 Å². The highest BCUT2D eigenvalue weighted by Crippen LogP contribution is 2.24. The Balaban J connectivity index is 1.46. The minimum absolute atomic E-state index is 0.0369. The van der Waals surface area contributed by atoms with Crippen molar-refractivity contribution in [3.8, 4) is 0 Å². The number of aliphatic hydroxyl groups is 1. The lowest BCUT2D eigenvalue weighted by atomic mass is 9.87.